The minimum Gasteiger partial charge on any atom is -0.361 e. The van der Waals surface area contributed by atoms with Crippen LogP contribution in [-0.2, 0) is 14.6 Å². The van der Waals surface area contributed by atoms with Gasteiger partial charge in [-0.05, 0) is 68.7 Å². The Morgan fingerprint density at radius 2 is 1.72 bits per heavy atom. The van der Waals surface area contributed by atoms with E-state index < -0.39 is 27.5 Å². The number of halogens is 2. The third-order valence-electron chi connectivity index (χ3n) is 8.19. The number of fused-ring (bicyclic) bond motifs is 1. The lowest BCUT2D eigenvalue weighted by molar-refractivity contribution is -0.120. The number of carbonyl (C=O) groups excluding carboxylic acids is 1. The van der Waals surface area contributed by atoms with Crippen molar-refractivity contribution in [1.29, 1.82) is 0 Å². The first-order valence-corrected chi connectivity index (χ1v) is 17.3. The van der Waals surface area contributed by atoms with Gasteiger partial charge in [-0.1, -0.05) is 23.4 Å². The van der Waals surface area contributed by atoms with Crippen LogP contribution in [0.25, 0.3) is 38.5 Å². The lowest BCUT2D eigenvalue weighted by Crippen LogP contribution is -2.39. The molecule has 0 bridgehead atoms. The lowest BCUT2D eigenvalue weighted by Gasteiger charge is -2.35. The van der Waals surface area contributed by atoms with Gasteiger partial charge in [-0.25, -0.2) is 27.2 Å². The van der Waals surface area contributed by atoms with Crippen LogP contribution in [0.2, 0.25) is 0 Å². The van der Waals surface area contributed by atoms with Crippen LogP contribution in [0, 0.1) is 25.5 Å². The molecule has 1 fully saturated rings. The summed E-state index contributed by atoms with van der Waals surface area (Å²) in [4.78, 5) is 25.1. The summed E-state index contributed by atoms with van der Waals surface area (Å²) in [6.45, 7) is 3.71. The minimum atomic E-state index is -3.35. The van der Waals surface area contributed by atoms with E-state index in [9.17, 15) is 22.0 Å². The number of rotatable bonds is 6. The van der Waals surface area contributed by atoms with Crippen molar-refractivity contribution in [2.24, 2.45) is 0 Å². The molecule has 1 aliphatic rings. The van der Waals surface area contributed by atoms with Crippen LogP contribution in [0.1, 0.15) is 42.6 Å². The summed E-state index contributed by atoms with van der Waals surface area (Å²) in [6, 6.07) is 15.2. The number of benzene rings is 3. The van der Waals surface area contributed by atoms with Gasteiger partial charge in [-0.2, -0.15) is 0 Å². The standard InChI is InChI=1S/C33H27F2N5O4S2/c1-18-31(19(2)44-38-18)21-9-14-28-26(15-21)36-32(29-5-4-6-30(41)39(29)22-10-13-24(34)25(35)16-22)40(28)33-37-27(17-45-33)20-7-11-23(12-8-20)46(3,42)43/h7-17,29H,4-6H2,1-3H3. The lowest BCUT2D eigenvalue weighted by atomic mass is 9.99. The highest BCUT2D eigenvalue weighted by atomic mass is 32.2. The monoisotopic (exact) mass is 659 g/mol. The zero-order chi connectivity index (χ0) is 32.3. The van der Waals surface area contributed by atoms with Gasteiger partial charge in [0.1, 0.15) is 11.6 Å². The molecule has 3 aromatic heterocycles. The molecule has 46 heavy (non-hydrogen) atoms. The highest BCUT2D eigenvalue weighted by Gasteiger charge is 2.35. The molecule has 13 heteroatoms. The van der Waals surface area contributed by atoms with Gasteiger partial charge in [-0.15, -0.1) is 11.3 Å². The molecule has 0 N–H and O–H groups in total. The van der Waals surface area contributed by atoms with Gasteiger partial charge in [0.05, 0.1) is 33.4 Å². The molecule has 1 atom stereocenters. The van der Waals surface area contributed by atoms with Crippen molar-refractivity contribution in [3.8, 4) is 27.5 Å². The van der Waals surface area contributed by atoms with Crippen molar-refractivity contribution < 1.29 is 26.5 Å². The number of amides is 1. The van der Waals surface area contributed by atoms with Gasteiger partial charge in [0.15, 0.2) is 26.6 Å². The SMILES string of the molecule is Cc1noc(C)c1-c1ccc2c(c1)nc(C1CCCC(=O)N1c1ccc(F)c(F)c1)n2-c1nc(-c2ccc(S(C)(=O)=O)cc2)cs1. The van der Waals surface area contributed by atoms with Crippen molar-refractivity contribution in [3.05, 3.63) is 95.0 Å². The molecule has 0 spiro atoms. The number of aromatic nitrogens is 4. The van der Waals surface area contributed by atoms with Gasteiger partial charge in [0.25, 0.3) is 0 Å². The van der Waals surface area contributed by atoms with Gasteiger partial charge in [0, 0.05) is 40.9 Å². The number of hydrogen-bond acceptors (Lipinski definition) is 8. The minimum absolute atomic E-state index is 0.211. The summed E-state index contributed by atoms with van der Waals surface area (Å²) < 4.78 is 59.6. The molecule has 1 aliphatic heterocycles. The van der Waals surface area contributed by atoms with Crippen molar-refractivity contribution in [2.45, 2.75) is 44.0 Å². The number of sulfone groups is 1. The highest BCUT2D eigenvalue weighted by molar-refractivity contribution is 7.90. The zero-order valence-corrected chi connectivity index (χ0v) is 26.6. The Labute approximate surface area is 267 Å². The van der Waals surface area contributed by atoms with Gasteiger partial charge >= 0.3 is 0 Å². The summed E-state index contributed by atoms with van der Waals surface area (Å²) in [7, 11) is -3.35. The van der Waals surface area contributed by atoms with E-state index in [1.807, 2.05) is 42.0 Å². The third kappa shape index (κ3) is 5.18. The van der Waals surface area contributed by atoms with Gasteiger partial charge in [-0.3, -0.25) is 9.36 Å². The summed E-state index contributed by atoms with van der Waals surface area (Å²) in [6.07, 6.45) is 2.55. The fourth-order valence-electron chi connectivity index (χ4n) is 6.02. The third-order valence-corrected chi connectivity index (χ3v) is 10.1. The zero-order valence-electron chi connectivity index (χ0n) is 25.0. The Kier molecular flexibility index (Phi) is 7.32. The largest absolute Gasteiger partial charge is 0.361 e. The van der Waals surface area contributed by atoms with E-state index >= 15 is 0 Å². The first kappa shape index (κ1) is 29.9. The second-order valence-electron chi connectivity index (χ2n) is 11.3. The van der Waals surface area contributed by atoms with Gasteiger partial charge < -0.3 is 9.42 Å². The Balaban J connectivity index is 1.40. The second-order valence-corrected chi connectivity index (χ2v) is 14.1. The molecule has 7 rings (SSSR count). The number of anilines is 1. The molecule has 3 aromatic carbocycles. The van der Waals surface area contributed by atoms with Crippen LogP contribution in [0.3, 0.4) is 0 Å². The van der Waals surface area contributed by atoms with Crippen molar-refractivity contribution >= 4 is 43.8 Å². The quantitative estimate of drug-likeness (QED) is 0.184. The molecule has 4 heterocycles. The number of imidazole rings is 1. The highest BCUT2D eigenvalue weighted by Crippen LogP contribution is 2.40. The second kappa shape index (κ2) is 11.2. The molecule has 0 aliphatic carbocycles. The van der Waals surface area contributed by atoms with Crippen molar-refractivity contribution in [2.75, 3.05) is 11.2 Å². The summed E-state index contributed by atoms with van der Waals surface area (Å²) >= 11 is 1.37. The van der Waals surface area contributed by atoms with E-state index in [4.69, 9.17) is 14.5 Å². The molecular weight excluding hydrogens is 633 g/mol. The van der Waals surface area contributed by atoms with Crippen molar-refractivity contribution in [1.82, 2.24) is 19.7 Å². The number of hydrogen-bond donors (Lipinski definition) is 0. The molecular formula is C33H27F2N5O4S2. The number of carbonyl (C=O) groups is 1. The fourth-order valence-corrected chi connectivity index (χ4v) is 7.50. The van der Waals surface area contributed by atoms with E-state index in [1.54, 1.807) is 24.3 Å². The van der Waals surface area contributed by atoms with Crippen LogP contribution in [0.5, 0.6) is 0 Å². The van der Waals surface area contributed by atoms with Gasteiger partial charge in [0.2, 0.25) is 5.91 Å². The van der Waals surface area contributed by atoms with E-state index in [0.29, 0.717) is 40.8 Å². The number of aryl methyl sites for hydroxylation is 2. The van der Waals surface area contributed by atoms with Crippen LogP contribution in [0.15, 0.2) is 75.5 Å². The van der Waals surface area contributed by atoms with E-state index in [0.717, 1.165) is 46.3 Å². The Morgan fingerprint density at radius 1 is 0.957 bits per heavy atom. The maximum Gasteiger partial charge on any atom is 0.227 e. The van der Waals surface area contributed by atoms with E-state index in [-0.39, 0.29) is 22.9 Å². The Morgan fingerprint density at radius 3 is 2.41 bits per heavy atom. The Bertz CT molecular complexity index is 2240. The first-order chi connectivity index (χ1) is 22.0. The fraction of sp³-hybridized carbons (Fsp3) is 0.212. The normalized spacial score (nSPS) is 15.6. The summed E-state index contributed by atoms with van der Waals surface area (Å²) in [5.41, 5.74) is 5.47. The molecule has 234 valence electrons. The molecule has 0 saturated carbocycles. The molecule has 0 radical (unpaired) electrons. The predicted octanol–water partition coefficient (Wildman–Crippen LogP) is 7.36. The van der Waals surface area contributed by atoms with E-state index in [2.05, 4.69) is 5.16 Å². The van der Waals surface area contributed by atoms with Crippen LogP contribution < -0.4 is 4.90 Å². The topological polar surface area (TPSA) is 111 Å². The maximum atomic E-state index is 14.4. The predicted molar refractivity (Wildman–Crippen MR) is 171 cm³/mol. The summed E-state index contributed by atoms with van der Waals surface area (Å²) in [5, 5.41) is 6.54. The molecule has 1 saturated heterocycles. The van der Waals surface area contributed by atoms with Crippen LogP contribution >= 0.6 is 11.3 Å². The summed E-state index contributed by atoms with van der Waals surface area (Å²) in [5.74, 6) is -1.06. The van der Waals surface area contributed by atoms with Crippen molar-refractivity contribution in [3.63, 3.8) is 0 Å². The van der Waals surface area contributed by atoms with Crippen LogP contribution in [0.4, 0.5) is 14.5 Å². The molecule has 1 unspecified atom stereocenters. The Hall–Kier alpha value is -4.75. The number of piperidine rings is 1. The average Bonchev–Trinajstić information content (AvgIpc) is 3.74. The number of nitrogens with zero attached hydrogens (tertiary/aromatic N) is 5. The average molecular weight is 660 g/mol. The van der Waals surface area contributed by atoms with Crippen LogP contribution in [-0.4, -0.2) is 40.3 Å². The maximum absolute atomic E-state index is 14.4. The van der Waals surface area contributed by atoms with E-state index in [1.165, 1.54) is 22.3 Å². The molecule has 9 nitrogen and oxygen atoms in total. The molecule has 1 amide bonds. The molecule has 6 aromatic rings. The number of thiazole rings is 1. The first-order valence-electron chi connectivity index (χ1n) is 14.5. The smallest absolute Gasteiger partial charge is 0.227 e.